The Bertz CT molecular complexity index is 815. The largest absolute Gasteiger partial charge is 0.356 e. The van der Waals surface area contributed by atoms with Gasteiger partial charge in [0.05, 0.1) is 0 Å². The molecule has 1 fully saturated rings. The first-order chi connectivity index (χ1) is 14.6. The van der Waals surface area contributed by atoms with E-state index < -0.39 is 0 Å². The lowest BCUT2D eigenvalue weighted by Gasteiger charge is -2.34. The van der Waals surface area contributed by atoms with Gasteiger partial charge in [0.15, 0.2) is 11.8 Å². The molecule has 0 saturated carbocycles. The number of aliphatic imine (C=N–C) groups is 1. The second-order valence-electron chi connectivity index (χ2n) is 7.76. The van der Waals surface area contributed by atoms with Gasteiger partial charge in [0.25, 0.3) is 0 Å². The monoisotopic (exact) mass is 558 g/mol. The van der Waals surface area contributed by atoms with Crippen LogP contribution in [0.25, 0.3) is 0 Å². The summed E-state index contributed by atoms with van der Waals surface area (Å²) >= 11 is 1.87. The van der Waals surface area contributed by atoms with E-state index in [0.29, 0.717) is 12.6 Å². The quantitative estimate of drug-likeness (QED) is 0.223. The van der Waals surface area contributed by atoms with E-state index >= 15 is 0 Å². The molecule has 172 valence electrons. The number of rotatable bonds is 8. The Balaban J connectivity index is 0.00000341. The summed E-state index contributed by atoms with van der Waals surface area (Å²) in [6, 6.07) is 4.65. The Morgan fingerprint density at radius 3 is 2.61 bits per heavy atom. The molecule has 8 nitrogen and oxygen atoms in total. The fourth-order valence-electron chi connectivity index (χ4n) is 3.41. The molecule has 3 rings (SSSR count). The van der Waals surface area contributed by atoms with Crippen LogP contribution in [0.2, 0.25) is 0 Å². The third kappa shape index (κ3) is 7.81. The average Bonchev–Trinajstić information content (AvgIpc) is 3.08. The van der Waals surface area contributed by atoms with Gasteiger partial charge in [-0.25, -0.2) is 9.98 Å². The van der Waals surface area contributed by atoms with E-state index in [9.17, 15) is 0 Å². The first-order valence-electron chi connectivity index (χ1n) is 10.6. The molecule has 0 amide bonds. The fourth-order valence-corrected chi connectivity index (χ4v) is 3.84. The SMILES string of the molecule is CSCCCNC(=NCc1nnc(C)n1C)NC1CCN(c2ccc(C)cn2)CC1.I. The van der Waals surface area contributed by atoms with Crippen molar-refractivity contribution in [1.29, 1.82) is 0 Å². The molecule has 0 spiro atoms. The zero-order valence-corrected chi connectivity index (χ0v) is 22.1. The molecule has 2 aromatic heterocycles. The van der Waals surface area contributed by atoms with Gasteiger partial charge in [-0.2, -0.15) is 11.8 Å². The number of nitrogens with one attached hydrogen (secondary N) is 2. The smallest absolute Gasteiger partial charge is 0.191 e. The molecule has 0 bridgehead atoms. The molecule has 3 heterocycles. The van der Waals surface area contributed by atoms with Gasteiger partial charge in [-0.15, -0.1) is 34.2 Å². The number of aromatic nitrogens is 4. The minimum absolute atomic E-state index is 0. The maximum Gasteiger partial charge on any atom is 0.191 e. The highest BCUT2D eigenvalue weighted by Crippen LogP contribution is 2.18. The predicted molar refractivity (Wildman–Crippen MR) is 141 cm³/mol. The molecule has 2 N–H and O–H groups in total. The number of thioether (sulfide) groups is 1. The number of hydrogen-bond acceptors (Lipinski definition) is 6. The van der Waals surface area contributed by atoms with Crippen molar-refractivity contribution in [3.8, 4) is 0 Å². The van der Waals surface area contributed by atoms with Crippen LogP contribution < -0.4 is 15.5 Å². The number of aryl methyl sites for hydroxylation is 2. The van der Waals surface area contributed by atoms with Gasteiger partial charge in [-0.3, -0.25) is 0 Å². The van der Waals surface area contributed by atoms with Crippen LogP contribution in [0, 0.1) is 13.8 Å². The molecule has 1 aliphatic heterocycles. The van der Waals surface area contributed by atoms with Gasteiger partial charge in [-0.1, -0.05) is 6.07 Å². The topological polar surface area (TPSA) is 83.3 Å². The summed E-state index contributed by atoms with van der Waals surface area (Å²) in [6.45, 7) is 7.45. The van der Waals surface area contributed by atoms with E-state index in [2.05, 4.69) is 56.0 Å². The Morgan fingerprint density at radius 1 is 1.23 bits per heavy atom. The summed E-state index contributed by atoms with van der Waals surface area (Å²) in [5.74, 6) is 4.85. The van der Waals surface area contributed by atoms with Crippen molar-refractivity contribution in [3.63, 3.8) is 0 Å². The van der Waals surface area contributed by atoms with Crippen LogP contribution in [0.4, 0.5) is 5.82 Å². The van der Waals surface area contributed by atoms with Gasteiger partial charge in [0, 0.05) is 38.9 Å². The number of nitrogens with zero attached hydrogens (tertiary/aromatic N) is 6. The standard InChI is InChI=1S/C21H34N8S.HI/c1-16-6-7-19(23-14-16)29-11-8-18(9-12-29)25-21(22-10-5-13-30-4)24-15-20-27-26-17(2)28(20)3;/h6-7,14,18H,5,8-13,15H2,1-4H3,(H2,22,24,25);1H. The van der Waals surface area contributed by atoms with Crippen LogP contribution in [0.3, 0.4) is 0 Å². The average molecular weight is 559 g/mol. The van der Waals surface area contributed by atoms with Gasteiger partial charge < -0.3 is 20.1 Å². The van der Waals surface area contributed by atoms with E-state index in [1.165, 1.54) is 5.56 Å². The maximum atomic E-state index is 4.79. The lowest BCUT2D eigenvalue weighted by atomic mass is 10.1. The molecule has 31 heavy (non-hydrogen) atoms. The normalized spacial score (nSPS) is 15.0. The molecule has 0 aromatic carbocycles. The fraction of sp³-hybridized carbons (Fsp3) is 0.619. The van der Waals surface area contributed by atoms with Crippen LogP contribution in [-0.4, -0.2) is 63.4 Å². The Morgan fingerprint density at radius 2 is 2.00 bits per heavy atom. The lowest BCUT2D eigenvalue weighted by Crippen LogP contribution is -2.49. The number of pyridine rings is 1. The Labute approximate surface area is 207 Å². The highest BCUT2D eigenvalue weighted by Gasteiger charge is 2.21. The van der Waals surface area contributed by atoms with Crippen molar-refractivity contribution in [2.75, 3.05) is 36.5 Å². The number of anilines is 1. The number of halogens is 1. The van der Waals surface area contributed by atoms with E-state index in [1.54, 1.807) is 0 Å². The van der Waals surface area contributed by atoms with E-state index in [4.69, 9.17) is 4.99 Å². The molecular formula is C21H35IN8S. The van der Waals surface area contributed by atoms with Gasteiger partial charge >= 0.3 is 0 Å². The van der Waals surface area contributed by atoms with Crippen molar-refractivity contribution < 1.29 is 0 Å². The summed E-state index contributed by atoms with van der Waals surface area (Å²) in [7, 11) is 1.98. The first kappa shape index (κ1) is 25.7. The molecule has 2 aromatic rings. The zero-order chi connectivity index (χ0) is 21.3. The molecule has 0 radical (unpaired) electrons. The summed E-state index contributed by atoms with van der Waals surface area (Å²) in [6.07, 6.45) is 7.31. The molecule has 0 aliphatic carbocycles. The summed E-state index contributed by atoms with van der Waals surface area (Å²) < 4.78 is 1.99. The van der Waals surface area contributed by atoms with Crippen molar-refractivity contribution in [1.82, 2.24) is 30.4 Å². The predicted octanol–water partition coefficient (Wildman–Crippen LogP) is 2.90. The molecule has 10 heteroatoms. The van der Waals surface area contributed by atoms with Crippen LogP contribution in [-0.2, 0) is 13.6 Å². The number of piperidine rings is 1. The van der Waals surface area contributed by atoms with E-state index in [1.807, 2.05) is 36.5 Å². The second-order valence-corrected chi connectivity index (χ2v) is 8.75. The van der Waals surface area contributed by atoms with Crippen molar-refractivity contribution in [2.45, 2.75) is 45.7 Å². The highest BCUT2D eigenvalue weighted by molar-refractivity contribution is 14.0. The summed E-state index contributed by atoms with van der Waals surface area (Å²) in [5, 5.41) is 15.5. The molecular weight excluding hydrogens is 523 g/mol. The molecule has 0 unspecified atom stereocenters. The number of hydrogen-bond donors (Lipinski definition) is 2. The van der Waals surface area contributed by atoms with Crippen LogP contribution in [0.15, 0.2) is 23.3 Å². The van der Waals surface area contributed by atoms with Crippen molar-refractivity contribution in [3.05, 3.63) is 35.5 Å². The minimum atomic E-state index is 0. The first-order valence-corrected chi connectivity index (χ1v) is 12.0. The summed E-state index contributed by atoms with van der Waals surface area (Å²) in [5.41, 5.74) is 1.20. The van der Waals surface area contributed by atoms with Crippen LogP contribution in [0.1, 0.15) is 36.5 Å². The molecule has 1 saturated heterocycles. The second kappa shape index (κ2) is 13.1. The zero-order valence-electron chi connectivity index (χ0n) is 19.0. The Kier molecular flexibility index (Phi) is 10.9. The van der Waals surface area contributed by atoms with E-state index in [-0.39, 0.29) is 24.0 Å². The minimum Gasteiger partial charge on any atom is -0.356 e. The van der Waals surface area contributed by atoms with Crippen LogP contribution >= 0.6 is 35.7 Å². The molecule has 0 atom stereocenters. The van der Waals surface area contributed by atoms with Gasteiger partial charge in [0.1, 0.15) is 18.2 Å². The third-order valence-corrected chi connectivity index (χ3v) is 6.13. The lowest BCUT2D eigenvalue weighted by molar-refractivity contribution is 0.459. The van der Waals surface area contributed by atoms with Crippen molar-refractivity contribution >= 4 is 47.5 Å². The van der Waals surface area contributed by atoms with Crippen molar-refractivity contribution in [2.24, 2.45) is 12.0 Å². The summed E-state index contributed by atoms with van der Waals surface area (Å²) in [4.78, 5) is 11.7. The van der Waals surface area contributed by atoms with E-state index in [0.717, 1.165) is 68.1 Å². The van der Waals surface area contributed by atoms with Crippen LogP contribution in [0.5, 0.6) is 0 Å². The Hall–Kier alpha value is -1.56. The third-order valence-electron chi connectivity index (χ3n) is 5.43. The molecule has 1 aliphatic rings. The number of guanidine groups is 1. The highest BCUT2D eigenvalue weighted by atomic mass is 127. The van der Waals surface area contributed by atoms with Gasteiger partial charge in [0.2, 0.25) is 0 Å². The van der Waals surface area contributed by atoms with Gasteiger partial charge in [-0.05, 0) is 56.7 Å². The maximum absolute atomic E-state index is 4.79.